The van der Waals surface area contributed by atoms with Gasteiger partial charge in [0.1, 0.15) is 6.04 Å². The molecule has 2 aliphatic rings. The van der Waals surface area contributed by atoms with Gasteiger partial charge in [0.2, 0.25) is 11.8 Å². The van der Waals surface area contributed by atoms with Crippen molar-refractivity contribution in [1.29, 1.82) is 0 Å². The van der Waals surface area contributed by atoms with Crippen LogP contribution in [0.3, 0.4) is 0 Å². The molecule has 0 aliphatic carbocycles. The molecular formula is C24H30N4O3S. The third-order valence-corrected chi connectivity index (χ3v) is 7.06. The Morgan fingerprint density at radius 3 is 2.44 bits per heavy atom. The minimum absolute atomic E-state index is 0.0127. The van der Waals surface area contributed by atoms with E-state index < -0.39 is 6.04 Å². The maximum absolute atomic E-state index is 13.1. The first-order chi connectivity index (χ1) is 15.4. The van der Waals surface area contributed by atoms with Gasteiger partial charge in [-0.2, -0.15) is 0 Å². The number of piperazine rings is 1. The van der Waals surface area contributed by atoms with Crippen molar-refractivity contribution in [1.82, 2.24) is 15.1 Å². The second-order valence-corrected chi connectivity index (χ2v) is 9.65. The highest BCUT2D eigenvalue weighted by Gasteiger charge is 2.32. The summed E-state index contributed by atoms with van der Waals surface area (Å²) in [6.07, 6.45) is 0.901. The molecule has 1 N–H and O–H groups in total. The van der Waals surface area contributed by atoms with E-state index in [1.54, 1.807) is 6.07 Å². The third kappa shape index (κ3) is 4.86. The Morgan fingerprint density at radius 1 is 1.00 bits per heavy atom. The number of fused-ring (bicyclic) bond motifs is 1. The number of amides is 3. The number of para-hydroxylation sites is 1. The molecule has 7 nitrogen and oxygen atoms in total. The summed E-state index contributed by atoms with van der Waals surface area (Å²) in [4.78, 5) is 44.9. The Balaban J connectivity index is 1.30. The molecule has 8 heteroatoms. The molecular weight excluding hydrogens is 424 g/mol. The quantitative estimate of drug-likeness (QED) is 0.727. The number of carbonyl (C=O) groups is 3. The van der Waals surface area contributed by atoms with E-state index in [9.17, 15) is 14.4 Å². The van der Waals surface area contributed by atoms with E-state index in [0.29, 0.717) is 37.6 Å². The van der Waals surface area contributed by atoms with Crippen molar-refractivity contribution in [3.05, 3.63) is 52.2 Å². The topological polar surface area (TPSA) is 73.0 Å². The van der Waals surface area contributed by atoms with Gasteiger partial charge in [-0.1, -0.05) is 38.1 Å². The lowest BCUT2D eigenvalue weighted by Gasteiger charge is -2.37. The van der Waals surface area contributed by atoms with Gasteiger partial charge < -0.3 is 15.1 Å². The minimum atomic E-state index is -0.557. The Labute approximate surface area is 193 Å². The zero-order chi connectivity index (χ0) is 22.7. The highest BCUT2D eigenvalue weighted by Crippen LogP contribution is 2.27. The van der Waals surface area contributed by atoms with E-state index in [1.807, 2.05) is 53.3 Å². The van der Waals surface area contributed by atoms with Gasteiger partial charge in [0.15, 0.2) is 0 Å². The van der Waals surface area contributed by atoms with Crippen LogP contribution in [0.4, 0.5) is 5.69 Å². The summed E-state index contributed by atoms with van der Waals surface area (Å²) < 4.78 is 0. The van der Waals surface area contributed by atoms with E-state index in [1.165, 1.54) is 16.9 Å². The average molecular weight is 455 g/mol. The number of nitrogens with one attached hydrogen (secondary N) is 1. The van der Waals surface area contributed by atoms with E-state index in [-0.39, 0.29) is 23.6 Å². The predicted molar refractivity (Wildman–Crippen MR) is 126 cm³/mol. The predicted octanol–water partition coefficient (Wildman–Crippen LogP) is 2.24. The first kappa shape index (κ1) is 22.5. The molecule has 3 heterocycles. The molecule has 3 amide bonds. The summed E-state index contributed by atoms with van der Waals surface area (Å²) in [6.45, 7) is 7.39. The molecule has 2 aromatic rings. The van der Waals surface area contributed by atoms with Crippen LogP contribution in [0.15, 0.2) is 41.8 Å². The smallest absolute Gasteiger partial charge is 0.262 e. The SMILES string of the molecule is CC(C)C(NC(=O)c1cccs1)C(=O)N1CCN(CC(=O)N2CCc3ccccc32)CC1. The van der Waals surface area contributed by atoms with Crippen LogP contribution in [-0.4, -0.2) is 72.8 Å². The van der Waals surface area contributed by atoms with Crippen LogP contribution in [0.5, 0.6) is 0 Å². The lowest BCUT2D eigenvalue weighted by Crippen LogP contribution is -2.57. The molecule has 32 heavy (non-hydrogen) atoms. The maximum Gasteiger partial charge on any atom is 0.262 e. The molecule has 1 saturated heterocycles. The van der Waals surface area contributed by atoms with Crippen molar-refractivity contribution < 1.29 is 14.4 Å². The molecule has 0 saturated carbocycles. The largest absolute Gasteiger partial charge is 0.339 e. The number of thiophene rings is 1. The molecule has 1 unspecified atom stereocenters. The Hall–Kier alpha value is -2.71. The standard InChI is InChI=1S/C24H30N4O3S/c1-17(2)22(25-23(30)20-8-5-15-32-20)24(31)27-13-11-26(12-14-27)16-21(29)28-10-9-18-6-3-4-7-19(18)28/h3-8,15,17,22H,9-14,16H2,1-2H3,(H,25,30). The number of nitrogens with zero attached hydrogens (tertiary/aromatic N) is 3. The van der Waals surface area contributed by atoms with E-state index in [2.05, 4.69) is 16.3 Å². The Morgan fingerprint density at radius 2 is 1.75 bits per heavy atom. The second-order valence-electron chi connectivity index (χ2n) is 8.70. The maximum atomic E-state index is 13.1. The van der Waals surface area contributed by atoms with Crippen molar-refractivity contribution in [3.63, 3.8) is 0 Å². The van der Waals surface area contributed by atoms with Gasteiger partial charge in [-0.25, -0.2) is 0 Å². The van der Waals surface area contributed by atoms with Crippen LogP contribution in [-0.2, 0) is 16.0 Å². The molecule has 2 aliphatic heterocycles. The van der Waals surface area contributed by atoms with Crippen LogP contribution in [0.25, 0.3) is 0 Å². The zero-order valence-electron chi connectivity index (χ0n) is 18.6. The van der Waals surface area contributed by atoms with Gasteiger partial charge >= 0.3 is 0 Å². The van der Waals surface area contributed by atoms with Crippen molar-refractivity contribution in [2.24, 2.45) is 5.92 Å². The molecule has 0 spiro atoms. The van der Waals surface area contributed by atoms with Gasteiger partial charge in [-0.3, -0.25) is 19.3 Å². The van der Waals surface area contributed by atoms with Gasteiger partial charge in [0.25, 0.3) is 5.91 Å². The number of benzene rings is 1. The van der Waals surface area contributed by atoms with E-state index in [4.69, 9.17) is 0 Å². The summed E-state index contributed by atoms with van der Waals surface area (Å²) in [5.74, 6) is -0.161. The number of hydrogen-bond acceptors (Lipinski definition) is 5. The Kier molecular flexibility index (Phi) is 6.91. The zero-order valence-corrected chi connectivity index (χ0v) is 19.4. The third-order valence-electron chi connectivity index (χ3n) is 6.20. The lowest BCUT2D eigenvalue weighted by molar-refractivity contribution is -0.136. The monoisotopic (exact) mass is 454 g/mol. The highest BCUT2D eigenvalue weighted by atomic mass is 32.1. The number of anilines is 1. The van der Waals surface area contributed by atoms with Crippen LogP contribution in [0.1, 0.15) is 29.1 Å². The normalized spacial score (nSPS) is 17.3. The van der Waals surface area contributed by atoms with Gasteiger partial charge in [-0.15, -0.1) is 11.3 Å². The molecule has 0 bridgehead atoms. The van der Waals surface area contributed by atoms with Crippen LogP contribution in [0, 0.1) is 5.92 Å². The summed E-state index contributed by atoms with van der Waals surface area (Å²) in [5, 5.41) is 4.76. The van der Waals surface area contributed by atoms with Crippen molar-refractivity contribution >= 4 is 34.7 Å². The average Bonchev–Trinajstić information content (AvgIpc) is 3.47. The minimum Gasteiger partial charge on any atom is -0.339 e. The van der Waals surface area contributed by atoms with Crippen LogP contribution in [0.2, 0.25) is 0 Å². The van der Waals surface area contributed by atoms with Gasteiger partial charge in [0.05, 0.1) is 11.4 Å². The van der Waals surface area contributed by atoms with Gasteiger partial charge in [-0.05, 0) is 35.4 Å². The molecule has 1 aromatic carbocycles. The number of rotatable bonds is 6. The molecule has 1 atom stereocenters. The number of carbonyl (C=O) groups excluding carboxylic acids is 3. The van der Waals surface area contributed by atoms with Crippen LogP contribution >= 0.6 is 11.3 Å². The van der Waals surface area contributed by atoms with E-state index >= 15 is 0 Å². The molecule has 4 rings (SSSR count). The van der Waals surface area contributed by atoms with Crippen LogP contribution < -0.4 is 10.2 Å². The first-order valence-electron chi connectivity index (χ1n) is 11.2. The lowest BCUT2D eigenvalue weighted by atomic mass is 10.0. The van der Waals surface area contributed by atoms with Crippen molar-refractivity contribution in [3.8, 4) is 0 Å². The Bertz CT molecular complexity index is 967. The molecule has 0 radical (unpaired) electrons. The number of hydrogen-bond donors (Lipinski definition) is 1. The fourth-order valence-corrected chi connectivity index (χ4v) is 4.96. The first-order valence-corrected chi connectivity index (χ1v) is 12.1. The van der Waals surface area contributed by atoms with E-state index in [0.717, 1.165) is 18.7 Å². The fourth-order valence-electron chi connectivity index (χ4n) is 4.33. The summed E-state index contributed by atoms with van der Waals surface area (Å²) >= 11 is 1.36. The molecule has 170 valence electrons. The fraction of sp³-hybridized carbons (Fsp3) is 0.458. The van der Waals surface area contributed by atoms with Crippen molar-refractivity contribution in [2.75, 3.05) is 44.2 Å². The molecule has 1 aromatic heterocycles. The highest BCUT2D eigenvalue weighted by molar-refractivity contribution is 7.12. The summed E-state index contributed by atoms with van der Waals surface area (Å²) in [7, 11) is 0. The van der Waals surface area contributed by atoms with Gasteiger partial charge in [0, 0.05) is 38.4 Å². The second kappa shape index (κ2) is 9.83. The summed E-state index contributed by atoms with van der Waals surface area (Å²) in [5.41, 5.74) is 2.24. The van der Waals surface area contributed by atoms with Crippen molar-refractivity contribution in [2.45, 2.75) is 26.3 Å². The summed E-state index contributed by atoms with van der Waals surface area (Å²) in [6, 6.07) is 11.1. The molecule has 1 fully saturated rings.